The van der Waals surface area contributed by atoms with Crippen molar-refractivity contribution in [3.63, 3.8) is 0 Å². The summed E-state index contributed by atoms with van der Waals surface area (Å²) in [5.74, 6) is -0.363. The second kappa shape index (κ2) is 42.4. The van der Waals surface area contributed by atoms with Crippen molar-refractivity contribution < 1.29 is 44.2 Å². The fourth-order valence-corrected chi connectivity index (χ4v) is 6.52. The molecule has 1 aliphatic heterocycles. The lowest BCUT2D eigenvalue weighted by Crippen LogP contribution is -2.59. The van der Waals surface area contributed by atoms with E-state index in [1.807, 2.05) is 0 Å². The predicted octanol–water partition coefficient (Wildman–Crippen LogP) is 11.2. The number of aliphatic hydroxyl groups excluding tert-OH is 4. The minimum atomic E-state index is -1.55. The summed E-state index contributed by atoms with van der Waals surface area (Å²) >= 11 is 0. The molecule has 0 saturated carbocycles. The fraction of sp³-hybridized carbons (Fsp3) is 0.673. The van der Waals surface area contributed by atoms with Crippen molar-refractivity contribution in [2.75, 3.05) is 26.4 Å². The molecule has 0 bridgehead atoms. The number of carbonyl (C=O) groups excluding carboxylic acids is 1. The van der Waals surface area contributed by atoms with Crippen LogP contribution in [0.15, 0.2) is 97.2 Å². The van der Waals surface area contributed by atoms with Crippen LogP contribution in [0.1, 0.15) is 162 Å². The Morgan fingerprint density at radius 1 is 0.541 bits per heavy atom. The normalized spacial score (nSPS) is 20.8. The molecule has 0 amide bonds. The zero-order chi connectivity index (χ0) is 44.3. The lowest BCUT2D eigenvalue weighted by molar-refractivity contribution is -0.305. The number of rotatable bonds is 39. The van der Waals surface area contributed by atoms with Crippen LogP contribution in [-0.2, 0) is 23.7 Å². The molecule has 0 aliphatic carbocycles. The van der Waals surface area contributed by atoms with Gasteiger partial charge in [0.1, 0.15) is 30.5 Å². The van der Waals surface area contributed by atoms with Crippen LogP contribution in [0.25, 0.3) is 0 Å². The first-order valence-corrected chi connectivity index (χ1v) is 23.8. The van der Waals surface area contributed by atoms with Crippen LogP contribution in [0, 0.1) is 0 Å². The summed E-state index contributed by atoms with van der Waals surface area (Å²) < 4.78 is 22.8. The summed E-state index contributed by atoms with van der Waals surface area (Å²) in [6.07, 6.45) is 51.4. The third kappa shape index (κ3) is 33.4. The van der Waals surface area contributed by atoms with E-state index in [4.69, 9.17) is 18.9 Å². The topological polar surface area (TPSA) is 135 Å². The Hall–Kier alpha value is -2.89. The summed E-state index contributed by atoms with van der Waals surface area (Å²) in [6.45, 7) is 4.33. The number of hydrogen-bond donors (Lipinski definition) is 4. The predicted molar refractivity (Wildman–Crippen MR) is 251 cm³/mol. The van der Waals surface area contributed by atoms with Crippen LogP contribution in [-0.4, -0.2) is 89.6 Å². The van der Waals surface area contributed by atoms with Crippen LogP contribution in [0.3, 0.4) is 0 Å². The molecule has 9 heteroatoms. The zero-order valence-corrected chi connectivity index (χ0v) is 38.1. The molecule has 0 aromatic heterocycles. The lowest BCUT2D eigenvalue weighted by atomic mass is 9.99. The van der Waals surface area contributed by atoms with E-state index in [1.165, 1.54) is 51.4 Å². The van der Waals surface area contributed by atoms with Gasteiger partial charge in [0.15, 0.2) is 6.29 Å². The maximum Gasteiger partial charge on any atom is 0.306 e. The molecule has 6 atom stereocenters. The van der Waals surface area contributed by atoms with Crippen LogP contribution >= 0.6 is 0 Å². The monoisotopic (exact) mass is 855 g/mol. The highest BCUT2D eigenvalue weighted by molar-refractivity contribution is 5.69. The summed E-state index contributed by atoms with van der Waals surface area (Å²) in [5, 5.41) is 40.2. The maximum atomic E-state index is 12.8. The first-order chi connectivity index (χ1) is 29.9. The van der Waals surface area contributed by atoms with Gasteiger partial charge in [0, 0.05) is 13.0 Å². The van der Waals surface area contributed by atoms with Gasteiger partial charge in [-0.2, -0.15) is 0 Å². The van der Waals surface area contributed by atoms with E-state index in [9.17, 15) is 25.2 Å². The maximum absolute atomic E-state index is 12.8. The van der Waals surface area contributed by atoms with Gasteiger partial charge in [0.05, 0.1) is 19.8 Å². The molecule has 0 spiro atoms. The van der Waals surface area contributed by atoms with Gasteiger partial charge in [-0.05, 0) is 96.3 Å². The Morgan fingerprint density at radius 2 is 1.00 bits per heavy atom. The van der Waals surface area contributed by atoms with Gasteiger partial charge in [0.25, 0.3) is 0 Å². The molecule has 9 nitrogen and oxygen atoms in total. The molecule has 348 valence electrons. The second-order valence-corrected chi connectivity index (χ2v) is 15.8. The van der Waals surface area contributed by atoms with Crippen molar-refractivity contribution in [2.24, 2.45) is 0 Å². The van der Waals surface area contributed by atoms with Crippen molar-refractivity contribution in [1.29, 1.82) is 0 Å². The summed E-state index contributed by atoms with van der Waals surface area (Å²) in [4.78, 5) is 12.8. The molecular formula is C52H86O9. The molecule has 6 unspecified atom stereocenters. The zero-order valence-electron chi connectivity index (χ0n) is 38.1. The number of ether oxygens (including phenoxy) is 4. The second-order valence-electron chi connectivity index (χ2n) is 15.8. The van der Waals surface area contributed by atoms with Gasteiger partial charge in [-0.15, -0.1) is 0 Å². The van der Waals surface area contributed by atoms with Crippen LogP contribution < -0.4 is 0 Å². The van der Waals surface area contributed by atoms with Crippen LogP contribution in [0.5, 0.6) is 0 Å². The van der Waals surface area contributed by atoms with Gasteiger partial charge in [-0.1, -0.05) is 156 Å². The summed E-state index contributed by atoms with van der Waals surface area (Å²) in [6, 6.07) is 0. The Kier molecular flexibility index (Phi) is 39.0. The minimum absolute atomic E-state index is 0.113. The van der Waals surface area contributed by atoms with E-state index in [1.54, 1.807) is 0 Å². The SMILES string of the molecule is CC/C=C\C/C=C\C/C=C\C/C=C\C/C=C\C/C=C\CCCCC(=O)OC(COCCCCCCCC/C=C\C/C=C\CCCCCC)COC1OC(CO)C(O)C(O)C1O. The molecule has 0 aromatic rings. The average molecular weight is 855 g/mol. The summed E-state index contributed by atoms with van der Waals surface area (Å²) in [7, 11) is 0. The Labute approximate surface area is 371 Å². The van der Waals surface area contributed by atoms with Crippen molar-refractivity contribution >= 4 is 5.97 Å². The van der Waals surface area contributed by atoms with Gasteiger partial charge < -0.3 is 39.4 Å². The molecule has 1 aliphatic rings. The average Bonchev–Trinajstić information content (AvgIpc) is 3.26. The third-order valence-electron chi connectivity index (χ3n) is 10.2. The van der Waals surface area contributed by atoms with E-state index in [0.29, 0.717) is 13.0 Å². The lowest BCUT2D eigenvalue weighted by Gasteiger charge is -2.39. The Balaban J connectivity index is 2.31. The smallest absolute Gasteiger partial charge is 0.306 e. The first-order valence-electron chi connectivity index (χ1n) is 23.8. The van der Waals surface area contributed by atoms with Crippen LogP contribution in [0.4, 0.5) is 0 Å². The molecule has 1 rings (SSSR count). The van der Waals surface area contributed by atoms with E-state index < -0.39 is 43.4 Å². The fourth-order valence-electron chi connectivity index (χ4n) is 6.52. The standard InChI is InChI=1S/C52H86O9/c1-3-5-7-9-11-13-15-17-19-21-22-23-24-25-27-29-31-33-35-37-39-41-48(54)60-46(45-59-52-51(57)50(56)49(55)47(43-53)61-52)44-58-42-40-38-36-34-32-30-28-26-20-18-16-14-12-10-8-6-4-2/h5,7,11,13-14,16-17,19-20,22-23,25-27,31,33,46-47,49-53,55-57H,3-4,6,8-10,12,15,18,21,24,28-30,32,34-45H2,1-2H3/b7-5-,13-11-,16-14-,19-17-,23-22-,26-20-,27-25-,33-31-. The molecule has 0 aromatic carbocycles. The molecule has 1 saturated heterocycles. The van der Waals surface area contributed by atoms with Gasteiger partial charge in [-0.25, -0.2) is 0 Å². The number of esters is 1. The van der Waals surface area contributed by atoms with Crippen molar-refractivity contribution in [3.05, 3.63) is 97.2 Å². The number of allylic oxidation sites excluding steroid dienone is 16. The molecule has 1 heterocycles. The van der Waals surface area contributed by atoms with Gasteiger partial charge in [0.2, 0.25) is 0 Å². The van der Waals surface area contributed by atoms with E-state index in [-0.39, 0.29) is 25.6 Å². The van der Waals surface area contributed by atoms with E-state index in [2.05, 4.69) is 111 Å². The quantitative estimate of drug-likeness (QED) is 0.0271. The molecule has 1 fully saturated rings. The first kappa shape index (κ1) is 56.1. The highest BCUT2D eigenvalue weighted by Crippen LogP contribution is 2.22. The highest BCUT2D eigenvalue weighted by atomic mass is 16.7. The number of aliphatic hydroxyl groups is 4. The Bertz CT molecular complexity index is 1250. The van der Waals surface area contributed by atoms with E-state index in [0.717, 1.165) is 83.5 Å². The number of carbonyl (C=O) groups is 1. The largest absolute Gasteiger partial charge is 0.457 e. The highest BCUT2D eigenvalue weighted by Gasteiger charge is 2.44. The van der Waals surface area contributed by atoms with Gasteiger partial charge in [-0.3, -0.25) is 4.79 Å². The third-order valence-corrected chi connectivity index (χ3v) is 10.2. The molecule has 61 heavy (non-hydrogen) atoms. The number of hydrogen-bond acceptors (Lipinski definition) is 9. The van der Waals surface area contributed by atoms with Gasteiger partial charge >= 0.3 is 5.97 Å². The minimum Gasteiger partial charge on any atom is -0.457 e. The van der Waals surface area contributed by atoms with Crippen molar-refractivity contribution in [1.82, 2.24) is 0 Å². The number of unbranched alkanes of at least 4 members (excludes halogenated alkanes) is 12. The molecular weight excluding hydrogens is 769 g/mol. The van der Waals surface area contributed by atoms with Crippen molar-refractivity contribution in [3.8, 4) is 0 Å². The van der Waals surface area contributed by atoms with Crippen molar-refractivity contribution in [2.45, 2.75) is 198 Å². The summed E-state index contributed by atoms with van der Waals surface area (Å²) in [5.41, 5.74) is 0. The van der Waals surface area contributed by atoms with Crippen LogP contribution in [0.2, 0.25) is 0 Å². The molecule has 4 N–H and O–H groups in total. The molecule has 0 radical (unpaired) electrons. The Morgan fingerprint density at radius 3 is 1.51 bits per heavy atom. The van der Waals surface area contributed by atoms with E-state index >= 15 is 0 Å².